The fourth-order valence-corrected chi connectivity index (χ4v) is 2.68. The molecule has 2 rings (SSSR count). The first kappa shape index (κ1) is 14.3. The lowest BCUT2D eigenvalue weighted by atomic mass is 10.1. The summed E-state index contributed by atoms with van der Waals surface area (Å²) < 4.78 is 18.9. The van der Waals surface area contributed by atoms with Crippen molar-refractivity contribution in [3.8, 4) is 5.75 Å². The average Bonchev–Trinajstić information content (AvgIpc) is 2.86. The summed E-state index contributed by atoms with van der Waals surface area (Å²) in [7, 11) is 0. The standard InChI is InChI=1S/C15H22FNO2/c16-14-7-1-2-8-15(14)19-12-10-17-9-3-5-13(17)6-4-11-18/h1-2,7-8,13,18H,3-6,9-12H2. The van der Waals surface area contributed by atoms with Gasteiger partial charge in [-0.15, -0.1) is 0 Å². The van der Waals surface area contributed by atoms with Crippen LogP contribution in [0.3, 0.4) is 0 Å². The molecule has 1 aliphatic heterocycles. The largest absolute Gasteiger partial charge is 0.489 e. The second kappa shape index (κ2) is 7.46. The maximum absolute atomic E-state index is 13.4. The molecule has 1 saturated heterocycles. The van der Waals surface area contributed by atoms with Crippen LogP contribution < -0.4 is 4.74 Å². The molecule has 1 atom stereocenters. The monoisotopic (exact) mass is 267 g/mol. The van der Waals surface area contributed by atoms with Crippen LogP contribution in [0.5, 0.6) is 5.75 Å². The molecule has 1 fully saturated rings. The van der Waals surface area contributed by atoms with Gasteiger partial charge in [0.25, 0.3) is 0 Å². The zero-order valence-corrected chi connectivity index (χ0v) is 11.2. The minimum Gasteiger partial charge on any atom is -0.489 e. The van der Waals surface area contributed by atoms with Gasteiger partial charge in [-0.2, -0.15) is 0 Å². The van der Waals surface area contributed by atoms with Crippen LogP contribution >= 0.6 is 0 Å². The summed E-state index contributed by atoms with van der Waals surface area (Å²) in [6.45, 7) is 2.67. The lowest BCUT2D eigenvalue weighted by molar-refractivity contribution is 0.178. The Hall–Kier alpha value is -1.13. The lowest BCUT2D eigenvalue weighted by Crippen LogP contribution is -2.33. The van der Waals surface area contributed by atoms with E-state index < -0.39 is 0 Å². The van der Waals surface area contributed by atoms with Crippen molar-refractivity contribution < 1.29 is 14.2 Å². The van der Waals surface area contributed by atoms with Gasteiger partial charge >= 0.3 is 0 Å². The molecule has 0 amide bonds. The quantitative estimate of drug-likeness (QED) is 0.823. The number of aliphatic hydroxyl groups excluding tert-OH is 1. The highest BCUT2D eigenvalue weighted by Gasteiger charge is 2.23. The first-order chi connectivity index (χ1) is 9.31. The van der Waals surface area contributed by atoms with E-state index in [-0.39, 0.29) is 12.4 Å². The second-order valence-electron chi connectivity index (χ2n) is 4.98. The number of likely N-dealkylation sites (tertiary alicyclic amines) is 1. The van der Waals surface area contributed by atoms with Crippen molar-refractivity contribution in [3.05, 3.63) is 30.1 Å². The Morgan fingerprint density at radius 3 is 3.00 bits per heavy atom. The van der Waals surface area contributed by atoms with Gasteiger partial charge < -0.3 is 9.84 Å². The SMILES string of the molecule is OCCCC1CCCN1CCOc1ccccc1F. The first-order valence-corrected chi connectivity index (χ1v) is 7.03. The minimum absolute atomic E-state index is 0.260. The Balaban J connectivity index is 1.74. The highest BCUT2D eigenvalue weighted by molar-refractivity contribution is 5.23. The van der Waals surface area contributed by atoms with E-state index in [4.69, 9.17) is 9.84 Å². The third-order valence-electron chi connectivity index (χ3n) is 3.67. The molecular weight excluding hydrogens is 245 g/mol. The molecule has 0 saturated carbocycles. The molecule has 19 heavy (non-hydrogen) atoms. The molecule has 1 aromatic carbocycles. The summed E-state index contributed by atoms with van der Waals surface area (Å²) in [5.41, 5.74) is 0. The number of ether oxygens (including phenoxy) is 1. The van der Waals surface area contributed by atoms with Gasteiger partial charge in [0.05, 0.1) is 0 Å². The summed E-state index contributed by atoms with van der Waals surface area (Å²) in [6, 6.07) is 7.06. The van der Waals surface area contributed by atoms with Crippen molar-refractivity contribution in [2.75, 3.05) is 26.3 Å². The molecule has 1 unspecified atom stereocenters. The minimum atomic E-state index is -0.305. The van der Waals surface area contributed by atoms with E-state index in [1.165, 1.54) is 18.9 Å². The van der Waals surface area contributed by atoms with E-state index in [0.29, 0.717) is 18.4 Å². The van der Waals surface area contributed by atoms with E-state index >= 15 is 0 Å². The van der Waals surface area contributed by atoms with Crippen LogP contribution in [0.1, 0.15) is 25.7 Å². The lowest BCUT2D eigenvalue weighted by Gasteiger charge is -2.24. The Labute approximate surface area is 114 Å². The topological polar surface area (TPSA) is 32.7 Å². The highest BCUT2D eigenvalue weighted by atomic mass is 19.1. The van der Waals surface area contributed by atoms with Crippen molar-refractivity contribution in [2.45, 2.75) is 31.7 Å². The van der Waals surface area contributed by atoms with Gasteiger partial charge in [-0.3, -0.25) is 4.90 Å². The van der Waals surface area contributed by atoms with E-state index in [1.807, 2.05) is 0 Å². The smallest absolute Gasteiger partial charge is 0.165 e. The molecule has 0 aromatic heterocycles. The number of benzene rings is 1. The summed E-state index contributed by atoms with van der Waals surface area (Å²) >= 11 is 0. The number of nitrogens with zero attached hydrogens (tertiary/aromatic N) is 1. The summed E-state index contributed by atoms with van der Waals surface area (Å²) in [6.07, 6.45) is 4.29. The van der Waals surface area contributed by atoms with Crippen molar-refractivity contribution in [1.82, 2.24) is 4.90 Å². The summed E-state index contributed by atoms with van der Waals surface area (Å²) in [5.74, 6) is 0.0226. The van der Waals surface area contributed by atoms with Crippen molar-refractivity contribution >= 4 is 0 Å². The van der Waals surface area contributed by atoms with Gasteiger partial charge in [0, 0.05) is 19.2 Å². The second-order valence-corrected chi connectivity index (χ2v) is 4.98. The number of para-hydroxylation sites is 1. The molecular formula is C15H22FNO2. The molecule has 0 spiro atoms. The first-order valence-electron chi connectivity index (χ1n) is 7.03. The van der Waals surface area contributed by atoms with Crippen LogP contribution in [-0.4, -0.2) is 42.4 Å². The zero-order chi connectivity index (χ0) is 13.5. The number of hydrogen-bond donors (Lipinski definition) is 1. The van der Waals surface area contributed by atoms with Crippen molar-refractivity contribution in [2.24, 2.45) is 0 Å². The normalized spacial score (nSPS) is 19.8. The van der Waals surface area contributed by atoms with Gasteiger partial charge in [0.15, 0.2) is 11.6 Å². The zero-order valence-electron chi connectivity index (χ0n) is 11.2. The Kier molecular flexibility index (Phi) is 5.61. The third kappa shape index (κ3) is 4.18. The van der Waals surface area contributed by atoms with Crippen LogP contribution in [0.15, 0.2) is 24.3 Å². The highest BCUT2D eigenvalue weighted by Crippen LogP contribution is 2.21. The van der Waals surface area contributed by atoms with Gasteiger partial charge in [-0.1, -0.05) is 12.1 Å². The molecule has 4 heteroatoms. The van der Waals surface area contributed by atoms with Gasteiger partial charge in [0.2, 0.25) is 0 Å². The van der Waals surface area contributed by atoms with E-state index in [2.05, 4.69) is 4.90 Å². The number of hydrogen-bond acceptors (Lipinski definition) is 3. The fraction of sp³-hybridized carbons (Fsp3) is 0.600. The van der Waals surface area contributed by atoms with Crippen LogP contribution in [-0.2, 0) is 0 Å². The summed E-state index contributed by atoms with van der Waals surface area (Å²) in [5, 5.41) is 8.88. The number of aliphatic hydroxyl groups is 1. The molecule has 1 N–H and O–H groups in total. The maximum Gasteiger partial charge on any atom is 0.165 e. The summed E-state index contributed by atoms with van der Waals surface area (Å²) in [4.78, 5) is 2.39. The van der Waals surface area contributed by atoms with E-state index in [1.54, 1.807) is 18.2 Å². The van der Waals surface area contributed by atoms with Gasteiger partial charge in [-0.05, 0) is 44.4 Å². The number of rotatable bonds is 7. The average molecular weight is 267 g/mol. The van der Waals surface area contributed by atoms with Crippen LogP contribution in [0.2, 0.25) is 0 Å². The van der Waals surface area contributed by atoms with Crippen molar-refractivity contribution in [3.63, 3.8) is 0 Å². The third-order valence-corrected chi connectivity index (χ3v) is 3.67. The van der Waals surface area contributed by atoms with E-state index in [9.17, 15) is 4.39 Å². The van der Waals surface area contributed by atoms with E-state index in [0.717, 1.165) is 25.9 Å². The Morgan fingerprint density at radius 2 is 2.21 bits per heavy atom. The molecule has 0 aliphatic carbocycles. The molecule has 1 aromatic rings. The van der Waals surface area contributed by atoms with Gasteiger partial charge in [-0.25, -0.2) is 4.39 Å². The number of halogens is 1. The fourth-order valence-electron chi connectivity index (χ4n) is 2.68. The molecule has 3 nitrogen and oxygen atoms in total. The van der Waals surface area contributed by atoms with Crippen LogP contribution in [0.25, 0.3) is 0 Å². The molecule has 1 aliphatic rings. The Bertz CT molecular complexity index is 386. The molecule has 0 bridgehead atoms. The Morgan fingerprint density at radius 1 is 1.37 bits per heavy atom. The predicted molar refractivity (Wildman–Crippen MR) is 72.8 cm³/mol. The van der Waals surface area contributed by atoms with Crippen LogP contribution in [0, 0.1) is 5.82 Å². The maximum atomic E-state index is 13.4. The van der Waals surface area contributed by atoms with Crippen LogP contribution in [0.4, 0.5) is 4.39 Å². The van der Waals surface area contributed by atoms with Crippen molar-refractivity contribution in [1.29, 1.82) is 0 Å². The van der Waals surface area contributed by atoms with Gasteiger partial charge in [0.1, 0.15) is 6.61 Å². The predicted octanol–water partition coefficient (Wildman–Crippen LogP) is 2.44. The molecule has 106 valence electrons. The molecule has 0 radical (unpaired) electrons. The molecule has 1 heterocycles.